The van der Waals surface area contributed by atoms with Crippen LogP contribution < -0.4 is 20.4 Å². The second kappa shape index (κ2) is 22.1. The van der Waals surface area contributed by atoms with E-state index in [1.54, 1.807) is 0 Å². The Labute approximate surface area is 194 Å². The van der Waals surface area contributed by atoms with Gasteiger partial charge >= 0.3 is 46.1 Å². The molecular weight excluding hydrogens is 401 g/mol. The number of carboxylic acids is 4. The third-order valence-corrected chi connectivity index (χ3v) is 2.82. The number of hydrogen-bond donors (Lipinski definition) is 2. The Balaban J connectivity index is -0.000000192. The molecule has 0 rings (SSSR count). The van der Waals surface area contributed by atoms with Gasteiger partial charge in [-0.2, -0.15) is 0 Å². The fourth-order valence-corrected chi connectivity index (χ4v) is 1.61. The van der Waals surface area contributed by atoms with E-state index in [1.807, 2.05) is 0 Å². The summed E-state index contributed by atoms with van der Waals surface area (Å²) in [7, 11) is 0. The van der Waals surface area contributed by atoms with E-state index in [4.69, 9.17) is 10.2 Å². The summed E-state index contributed by atoms with van der Waals surface area (Å²) in [5, 5.41) is 57.4. The van der Waals surface area contributed by atoms with E-state index in [2.05, 4.69) is 0 Å². The Morgan fingerprint density at radius 3 is 1.07 bits per heavy atom. The zero-order valence-electron chi connectivity index (χ0n) is 15.4. The molecule has 0 spiro atoms. The van der Waals surface area contributed by atoms with Crippen molar-refractivity contribution in [3.05, 3.63) is 23.3 Å². The van der Waals surface area contributed by atoms with Gasteiger partial charge in [-0.25, -0.2) is 0 Å². The summed E-state index contributed by atoms with van der Waals surface area (Å²) >= 11 is 0. The van der Waals surface area contributed by atoms with Crippen molar-refractivity contribution < 1.29 is 49.8 Å². The molecule has 0 radical (unpaired) electrons. The molecule has 10 nitrogen and oxygen atoms in total. The second-order valence-electron chi connectivity index (χ2n) is 4.91. The van der Waals surface area contributed by atoms with Gasteiger partial charge < -0.3 is 49.8 Å². The van der Waals surface area contributed by atoms with Gasteiger partial charge in [-0.05, 0) is 61.8 Å². The van der Waals surface area contributed by atoms with Crippen molar-refractivity contribution in [2.75, 3.05) is 13.2 Å². The van der Waals surface area contributed by atoms with Crippen LogP contribution in [-0.2, 0) is 19.2 Å². The molecular formula is C16H20Mg2O10. The van der Waals surface area contributed by atoms with E-state index in [-0.39, 0.29) is 83.3 Å². The molecule has 0 fully saturated rings. The summed E-state index contributed by atoms with van der Waals surface area (Å²) in [5.74, 6) is -6.13. The molecule has 0 saturated carbocycles. The fraction of sp³-hybridized carbons (Fsp3) is 0.500. The van der Waals surface area contributed by atoms with Gasteiger partial charge in [-0.1, -0.05) is 0 Å². The van der Waals surface area contributed by atoms with Crippen LogP contribution >= 0.6 is 0 Å². The average Bonchev–Trinajstić information content (AvgIpc) is 2.53. The molecule has 0 heterocycles. The van der Waals surface area contributed by atoms with Crippen LogP contribution in [0.25, 0.3) is 0 Å². The average molecular weight is 421 g/mol. The van der Waals surface area contributed by atoms with Crippen molar-refractivity contribution in [1.82, 2.24) is 0 Å². The van der Waals surface area contributed by atoms with Gasteiger partial charge in [-0.3, -0.25) is 0 Å². The predicted octanol–water partition coefficient (Wildman–Crippen LogP) is -5.61. The third-order valence-electron chi connectivity index (χ3n) is 2.82. The summed E-state index contributed by atoms with van der Waals surface area (Å²) in [6.07, 6.45) is 2.82. The van der Waals surface area contributed by atoms with Gasteiger partial charge in [0.25, 0.3) is 0 Å². The van der Waals surface area contributed by atoms with Crippen LogP contribution in [0.3, 0.4) is 0 Å². The van der Waals surface area contributed by atoms with E-state index < -0.39 is 23.9 Å². The van der Waals surface area contributed by atoms with Gasteiger partial charge in [0.15, 0.2) is 0 Å². The van der Waals surface area contributed by atoms with E-state index in [0.717, 1.165) is 0 Å². The van der Waals surface area contributed by atoms with Crippen LogP contribution in [0.15, 0.2) is 23.3 Å². The maximum Gasteiger partial charge on any atom is 2.00 e. The standard InChI is InChI=1S/2C8H12O5.2Mg/c2*9-4-2-1-3-6(8(12)13)5-7(10)11;;/h2*5,9H,1-4H2,(H,10,11)(H,12,13);;/q;;2*+2/p-4/b2*6-5-;;. The zero-order valence-corrected chi connectivity index (χ0v) is 18.2. The Morgan fingerprint density at radius 2 is 0.893 bits per heavy atom. The number of unbranched alkanes of at least 4 members (excludes halogenated alkanes) is 2. The molecule has 2 N–H and O–H groups in total. The maximum absolute atomic E-state index is 10.3. The Bertz CT molecular complexity index is 496. The number of rotatable bonds is 12. The summed E-state index contributed by atoms with van der Waals surface area (Å²) in [6.45, 7) is -0.0999. The Hall–Kier alpha value is -1.19. The Morgan fingerprint density at radius 1 is 0.607 bits per heavy atom. The molecule has 148 valence electrons. The molecule has 0 bridgehead atoms. The second-order valence-corrected chi connectivity index (χ2v) is 4.91. The first-order chi connectivity index (χ1) is 12.1. The third kappa shape index (κ3) is 22.9. The topological polar surface area (TPSA) is 201 Å². The van der Waals surface area contributed by atoms with E-state index in [0.29, 0.717) is 37.8 Å². The molecule has 0 amide bonds. The van der Waals surface area contributed by atoms with E-state index in [9.17, 15) is 39.6 Å². The summed E-state index contributed by atoms with van der Waals surface area (Å²) in [4.78, 5) is 40.6. The number of aliphatic hydroxyl groups is 2. The number of carbonyl (C=O) groups excluding carboxylic acids is 4. The first-order valence-corrected chi connectivity index (χ1v) is 7.63. The van der Waals surface area contributed by atoms with Gasteiger partial charge in [0.2, 0.25) is 0 Å². The number of aliphatic carboxylic acids is 4. The van der Waals surface area contributed by atoms with E-state index >= 15 is 0 Å². The normalized spacial score (nSPS) is 10.5. The molecule has 0 atom stereocenters. The number of aliphatic hydroxyl groups excluding tert-OH is 2. The number of carboxylic acid groups (broad SMARTS) is 4. The molecule has 28 heavy (non-hydrogen) atoms. The maximum atomic E-state index is 10.3. The molecule has 0 aromatic rings. The summed E-state index contributed by atoms with van der Waals surface area (Å²) < 4.78 is 0. The predicted molar refractivity (Wildman–Crippen MR) is 89.6 cm³/mol. The quantitative estimate of drug-likeness (QED) is 0.174. The van der Waals surface area contributed by atoms with Crippen LogP contribution in [-0.4, -0.2) is 93.4 Å². The van der Waals surface area contributed by atoms with Crippen LogP contribution in [0.4, 0.5) is 0 Å². The van der Waals surface area contributed by atoms with Gasteiger partial charge in [0, 0.05) is 13.2 Å². The fourth-order valence-electron chi connectivity index (χ4n) is 1.61. The molecule has 0 saturated heterocycles. The number of hydrogen-bond acceptors (Lipinski definition) is 10. The molecule has 0 aromatic carbocycles. The smallest absolute Gasteiger partial charge is 0.545 e. The zero-order chi connectivity index (χ0) is 20.5. The van der Waals surface area contributed by atoms with Crippen molar-refractivity contribution in [2.24, 2.45) is 0 Å². The van der Waals surface area contributed by atoms with Gasteiger partial charge in [0.05, 0.1) is 23.9 Å². The minimum atomic E-state index is -1.55. The first kappa shape index (κ1) is 34.3. The van der Waals surface area contributed by atoms with Crippen LogP contribution in [0.1, 0.15) is 38.5 Å². The van der Waals surface area contributed by atoms with Crippen LogP contribution in [0.2, 0.25) is 0 Å². The SMILES string of the molecule is O=C([O-])/C=C(/CCCCO)C(=O)[O-].O=C([O-])/C=C(/CCCCO)C(=O)[O-].[Mg+2].[Mg+2]. The molecule has 0 aliphatic heterocycles. The van der Waals surface area contributed by atoms with Crippen molar-refractivity contribution in [3.8, 4) is 0 Å². The van der Waals surface area contributed by atoms with Crippen molar-refractivity contribution in [1.29, 1.82) is 0 Å². The molecule has 0 aromatic heterocycles. The summed E-state index contributed by atoms with van der Waals surface area (Å²) in [5.41, 5.74) is -0.623. The first-order valence-electron chi connectivity index (χ1n) is 7.63. The van der Waals surface area contributed by atoms with Gasteiger partial charge in [-0.15, -0.1) is 0 Å². The van der Waals surface area contributed by atoms with Crippen LogP contribution in [0.5, 0.6) is 0 Å². The summed E-state index contributed by atoms with van der Waals surface area (Å²) in [6, 6.07) is 0. The minimum Gasteiger partial charge on any atom is -0.545 e. The van der Waals surface area contributed by atoms with Crippen molar-refractivity contribution in [2.45, 2.75) is 38.5 Å². The minimum absolute atomic E-state index is 0. The molecule has 0 aliphatic rings. The van der Waals surface area contributed by atoms with E-state index in [1.165, 1.54) is 0 Å². The van der Waals surface area contributed by atoms with Crippen molar-refractivity contribution >= 4 is 70.0 Å². The van der Waals surface area contributed by atoms with Crippen molar-refractivity contribution in [3.63, 3.8) is 0 Å². The largest absolute Gasteiger partial charge is 2.00 e. The van der Waals surface area contributed by atoms with Gasteiger partial charge in [0.1, 0.15) is 0 Å². The van der Waals surface area contributed by atoms with Crippen LogP contribution in [0, 0.1) is 0 Å². The monoisotopic (exact) mass is 420 g/mol. The Kier molecular flexibility index (Phi) is 27.1. The molecule has 0 unspecified atom stereocenters. The molecule has 12 heteroatoms. The molecule has 0 aliphatic carbocycles. The number of carbonyl (C=O) groups is 4.